The van der Waals surface area contributed by atoms with Crippen molar-refractivity contribution in [3.63, 3.8) is 0 Å². The van der Waals surface area contributed by atoms with Crippen LogP contribution in [0.2, 0.25) is 0 Å². The molecule has 4 aliphatic rings. The van der Waals surface area contributed by atoms with Crippen LogP contribution in [0, 0.1) is 52.3 Å². The highest BCUT2D eigenvalue weighted by Crippen LogP contribution is 2.68. The summed E-state index contributed by atoms with van der Waals surface area (Å²) in [5.41, 5.74) is 0.438. The van der Waals surface area contributed by atoms with Crippen LogP contribution in [0.1, 0.15) is 119 Å². The fraction of sp³-hybridized carbons (Fsp3) is 0.935. The van der Waals surface area contributed by atoms with Crippen molar-refractivity contribution in [2.75, 3.05) is 6.61 Å². The van der Waals surface area contributed by atoms with Crippen molar-refractivity contribution in [2.24, 2.45) is 52.3 Å². The molecule has 0 bridgehead atoms. The third-order valence-corrected chi connectivity index (χ3v) is 11.4. The average Bonchev–Trinajstić information content (AvgIpc) is 3.14. The van der Waals surface area contributed by atoms with Gasteiger partial charge in [0.05, 0.1) is 6.61 Å². The summed E-state index contributed by atoms with van der Waals surface area (Å²) >= 11 is 0. The topological polar surface area (TPSA) is 52.6 Å². The maximum Gasteiger partial charge on any atom is 0.302 e. The third-order valence-electron chi connectivity index (χ3n) is 11.4. The van der Waals surface area contributed by atoms with Gasteiger partial charge < -0.3 is 9.47 Å². The van der Waals surface area contributed by atoms with E-state index in [1.165, 1.54) is 64.7 Å². The summed E-state index contributed by atoms with van der Waals surface area (Å²) in [4.78, 5) is 23.8. The lowest BCUT2D eigenvalue weighted by molar-refractivity contribution is -0.186. The second-order valence-corrected chi connectivity index (χ2v) is 13.7. The first-order chi connectivity index (χ1) is 16.6. The van der Waals surface area contributed by atoms with E-state index in [1.54, 1.807) is 6.92 Å². The minimum absolute atomic E-state index is 0.0186. The normalized spacial score (nSPS) is 41.5. The maximum atomic E-state index is 11.9. The van der Waals surface area contributed by atoms with Gasteiger partial charge in [-0.05, 0) is 105 Å². The standard InChI is InChI=1S/C31H52O4/c1-20(2)8-7-9-21(3)27-14-15-28-26-13-11-24-10-12-25(35-23(5)33)18-31(24,19-34-22(4)32)29(26)16-17-30(27,28)6/h20-21,24-29H,7-19H2,1-6H3/t21-,24-,25+,26+,27-,28+,29+,30-,31-/m1/s1. The highest BCUT2D eigenvalue weighted by atomic mass is 16.5. The Bertz CT molecular complexity index is 761. The average molecular weight is 489 g/mol. The van der Waals surface area contributed by atoms with E-state index >= 15 is 0 Å². The predicted octanol–water partition coefficient (Wildman–Crippen LogP) is 7.58. The summed E-state index contributed by atoms with van der Waals surface area (Å²) in [5.74, 6) is 4.82. The Morgan fingerprint density at radius 1 is 0.886 bits per heavy atom. The SMILES string of the molecule is CC(=O)OC[C@]12C[C@@H](OC(C)=O)CC[C@@H]1CC[C@H]1[C@@H]3CC[C@H]([C@H](C)CCCC(C)C)[C@@]3(C)CC[C@@H]12. The first-order valence-electron chi connectivity index (χ1n) is 14.9. The molecular formula is C31H52O4. The molecule has 0 aromatic carbocycles. The zero-order chi connectivity index (χ0) is 25.4. The lowest BCUT2D eigenvalue weighted by Gasteiger charge is -2.62. The fourth-order valence-electron chi connectivity index (χ4n) is 9.93. The van der Waals surface area contributed by atoms with E-state index in [9.17, 15) is 9.59 Å². The number of hydrogen-bond acceptors (Lipinski definition) is 4. The summed E-state index contributed by atoms with van der Waals surface area (Å²) in [7, 11) is 0. The molecule has 0 radical (unpaired) electrons. The van der Waals surface area contributed by atoms with Crippen molar-refractivity contribution in [1.29, 1.82) is 0 Å². The van der Waals surface area contributed by atoms with E-state index in [4.69, 9.17) is 9.47 Å². The van der Waals surface area contributed by atoms with Crippen LogP contribution in [-0.4, -0.2) is 24.6 Å². The smallest absolute Gasteiger partial charge is 0.302 e. The molecule has 200 valence electrons. The minimum atomic E-state index is -0.176. The van der Waals surface area contributed by atoms with E-state index in [0.29, 0.717) is 23.9 Å². The first kappa shape index (κ1) is 27.0. The lowest BCUT2D eigenvalue weighted by Crippen LogP contribution is -2.58. The second-order valence-electron chi connectivity index (χ2n) is 13.7. The fourth-order valence-corrected chi connectivity index (χ4v) is 9.93. The van der Waals surface area contributed by atoms with Crippen LogP contribution in [-0.2, 0) is 19.1 Å². The van der Waals surface area contributed by atoms with Gasteiger partial charge in [-0.15, -0.1) is 0 Å². The van der Waals surface area contributed by atoms with E-state index in [-0.39, 0.29) is 23.5 Å². The highest BCUT2D eigenvalue weighted by Gasteiger charge is 2.62. The van der Waals surface area contributed by atoms with Crippen LogP contribution in [0.25, 0.3) is 0 Å². The molecule has 0 saturated heterocycles. The Morgan fingerprint density at radius 2 is 1.63 bits per heavy atom. The molecule has 0 unspecified atom stereocenters. The molecule has 9 atom stereocenters. The third kappa shape index (κ3) is 5.33. The molecule has 0 amide bonds. The van der Waals surface area contributed by atoms with Crippen LogP contribution < -0.4 is 0 Å². The quantitative estimate of drug-likeness (QED) is 0.330. The summed E-state index contributed by atoms with van der Waals surface area (Å²) in [5, 5.41) is 0. The van der Waals surface area contributed by atoms with Crippen molar-refractivity contribution >= 4 is 11.9 Å². The zero-order valence-corrected chi connectivity index (χ0v) is 23.4. The Hall–Kier alpha value is -1.06. The van der Waals surface area contributed by atoms with E-state index < -0.39 is 0 Å². The zero-order valence-electron chi connectivity index (χ0n) is 23.4. The molecule has 4 aliphatic carbocycles. The van der Waals surface area contributed by atoms with Crippen molar-refractivity contribution in [3.8, 4) is 0 Å². The van der Waals surface area contributed by atoms with Crippen molar-refractivity contribution in [1.82, 2.24) is 0 Å². The molecule has 0 aromatic rings. The number of carbonyl (C=O) groups is 2. The lowest BCUT2D eigenvalue weighted by atomic mass is 9.44. The molecule has 35 heavy (non-hydrogen) atoms. The number of rotatable bonds is 8. The van der Waals surface area contributed by atoms with Gasteiger partial charge in [0.1, 0.15) is 6.10 Å². The molecular weight excluding hydrogens is 436 g/mol. The Morgan fingerprint density at radius 3 is 2.31 bits per heavy atom. The molecule has 4 fully saturated rings. The number of ether oxygens (including phenoxy) is 2. The van der Waals surface area contributed by atoms with Crippen molar-refractivity contribution in [2.45, 2.75) is 125 Å². The Balaban J connectivity index is 1.54. The molecule has 0 spiro atoms. The molecule has 0 aromatic heterocycles. The molecule has 4 saturated carbocycles. The van der Waals surface area contributed by atoms with Gasteiger partial charge in [-0.2, -0.15) is 0 Å². The van der Waals surface area contributed by atoms with Crippen LogP contribution in [0.4, 0.5) is 0 Å². The number of esters is 2. The summed E-state index contributed by atoms with van der Waals surface area (Å²) in [6, 6.07) is 0. The van der Waals surface area contributed by atoms with Crippen LogP contribution >= 0.6 is 0 Å². The summed E-state index contributed by atoms with van der Waals surface area (Å²) in [6.07, 6.45) is 14.9. The summed E-state index contributed by atoms with van der Waals surface area (Å²) < 4.78 is 11.6. The van der Waals surface area contributed by atoms with Gasteiger partial charge in [0.25, 0.3) is 0 Å². The van der Waals surface area contributed by atoms with Crippen LogP contribution in [0.3, 0.4) is 0 Å². The monoisotopic (exact) mass is 488 g/mol. The molecule has 0 aliphatic heterocycles. The van der Waals surface area contributed by atoms with Gasteiger partial charge in [0.15, 0.2) is 0 Å². The van der Waals surface area contributed by atoms with Gasteiger partial charge in [-0.3, -0.25) is 9.59 Å². The van der Waals surface area contributed by atoms with E-state index in [0.717, 1.165) is 48.9 Å². The summed E-state index contributed by atoms with van der Waals surface area (Å²) in [6.45, 7) is 13.5. The second kappa shape index (κ2) is 10.7. The van der Waals surface area contributed by atoms with Gasteiger partial charge in [0, 0.05) is 19.3 Å². The first-order valence-corrected chi connectivity index (χ1v) is 14.9. The molecule has 0 N–H and O–H groups in total. The highest BCUT2D eigenvalue weighted by molar-refractivity contribution is 5.66. The molecule has 4 heteroatoms. The molecule has 4 nitrogen and oxygen atoms in total. The predicted molar refractivity (Wildman–Crippen MR) is 140 cm³/mol. The van der Waals surface area contributed by atoms with Crippen molar-refractivity contribution < 1.29 is 19.1 Å². The van der Waals surface area contributed by atoms with Gasteiger partial charge in [-0.1, -0.05) is 47.0 Å². The maximum absolute atomic E-state index is 11.9. The Labute approximate surface area is 214 Å². The Kier molecular flexibility index (Phi) is 8.28. The minimum Gasteiger partial charge on any atom is -0.465 e. The molecule has 0 heterocycles. The number of hydrogen-bond donors (Lipinski definition) is 0. The van der Waals surface area contributed by atoms with Gasteiger partial charge in [-0.25, -0.2) is 0 Å². The van der Waals surface area contributed by atoms with Crippen LogP contribution in [0.15, 0.2) is 0 Å². The van der Waals surface area contributed by atoms with E-state index in [1.807, 2.05) is 0 Å². The number of fused-ring (bicyclic) bond motifs is 5. The van der Waals surface area contributed by atoms with Gasteiger partial charge >= 0.3 is 11.9 Å². The van der Waals surface area contributed by atoms with Crippen LogP contribution in [0.5, 0.6) is 0 Å². The van der Waals surface area contributed by atoms with Gasteiger partial charge in [0.2, 0.25) is 0 Å². The number of carbonyl (C=O) groups excluding carboxylic acids is 2. The largest absolute Gasteiger partial charge is 0.465 e. The van der Waals surface area contributed by atoms with E-state index in [2.05, 4.69) is 27.7 Å². The van der Waals surface area contributed by atoms with Crippen molar-refractivity contribution in [3.05, 3.63) is 0 Å². The molecule has 4 rings (SSSR count).